The van der Waals surface area contributed by atoms with Crippen LogP contribution in [0.4, 0.5) is 0 Å². The van der Waals surface area contributed by atoms with Gasteiger partial charge in [0.15, 0.2) is 0 Å². The maximum absolute atomic E-state index is 6.23. The highest BCUT2D eigenvalue weighted by atomic mass is 14.9. The van der Waals surface area contributed by atoms with Crippen molar-refractivity contribution in [2.45, 2.75) is 52.0 Å². The van der Waals surface area contributed by atoms with E-state index in [0.29, 0.717) is 5.41 Å². The van der Waals surface area contributed by atoms with Gasteiger partial charge in [-0.15, -0.1) is 0 Å². The number of nitrogens with two attached hydrogens (primary N) is 1. The molecule has 1 saturated carbocycles. The fourth-order valence-electron chi connectivity index (χ4n) is 1.94. The molecule has 0 bridgehead atoms. The van der Waals surface area contributed by atoms with Gasteiger partial charge >= 0.3 is 0 Å². The molecule has 0 unspecified atom stereocenters. The van der Waals surface area contributed by atoms with Crippen molar-refractivity contribution in [2.24, 2.45) is 11.1 Å². The van der Waals surface area contributed by atoms with Crippen LogP contribution in [0.1, 0.15) is 46.5 Å². The fraction of sp³-hybridized carbons (Fsp3) is 1.00. The minimum atomic E-state index is 0.102. The molecule has 0 aromatic heterocycles. The van der Waals surface area contributed by atoms with Crippen molar-refractivity contribution in [3.05, 3.63) is 0 Å². The summed E-state index contributed by atoms with van der Waals surface area (Å²) in [4.78, 5) is 0. The second-order valence-electron chi connectivity index (χ2n) is 5.73. The molecule has 2 heteroatoms. The standard InChI is InChI=1S/C11H24N2/c1-10(2,3)8-13-9-11(12)6-4-5-7-11/h13H,4-9,12H2,1-3H3. The Bertz CT molecular complexity index is 152. The number of nitrogens with one attached hydrogen (secondary N) is 1. The molecule has 1 fully saturated rings. The van der Waals surface area contributed by atoms with Gasteiger partial charge in [0.2, 0.25) is 0 Å². The van der Waals surface area contributed by atoms with E-state index in [2.05, 4.69) is 26.1 Å². The Balaban J connectivity index is 2.18. The van der Waals surface area contributed by atoms with E-state index < -0.39 is 0 Å². The van der Waals surface area contributed by atoms with Crippen molar-refractivity contribution in [3.63, 3.8) is 0 Å². The molecule has 0 aromatic carbocycles. The molecule has 0 aromatic rings. The highest BCUT2D eigenvalue weighted by Crippen LogP contribution is 2.26. The summed E-state index contributed by atoms with van der Waals surface area (Å²) < 4.78 is 0. The van der Waals surface area contributed by atoms with Gasteiger partial charge in [0.1, 0.15) is 0 Å². The summed E-state index contributed by atoms with van der Waals surface area (Å²) in [6.07, 6.45) is 5.02. The molecule has 0 amide bonds. The van der Waals surface area contributed by atoms with E-state index in [0.717, 1.165) is 13.1 Å². The van der Waals surface area contributed by atoms with Gasteiger partial charge in [-0.05, 0) is 18.3 Å². The summed E-state index contributed by atoms with van der Waals surface area (Å²) in [5, 5.41) is 3.48. The van der Waals surface area contributed by atoms with Crippen molar-refractivity contribution in [3.8, 4) is 0 Å². The molecule has 13 heavy (non-hydrogen) atoms. The monoisotopic (exact) mass is 184 g/mol. The molecule has 0 radical (unpaired) electrons. The fourth-order valence-corrected chi connectivity index (χ4v) is 1.94. The average molecular weight is 184 g/mol. The quantitative estimate of drug-likeness (QED) is 0.703. The number of hydrogen-bond donors (Lipinski definition) is 2. The van der Waals surface area contributed by atoms with Crippen LogP contribution in [0.15, 0.2) is 0 Å². The highest BCUT2D eigenvalue weighted by molar-refractivity contribution is 4.91. The molecule has 0 atom stereocenters. The molecule has 0 heterocycles. The van der Waals surface area contributed by atoms with Gasteiger partial charge in [-0.3, -0.25) is 0 Å². The topological polar surface area (TPSA) is 38.0 Å². The summed E-state index contributed by atoms with van der Waals surface area (Å²) in [6.45, 7) is 8.80. The summed E-state index contributed by atoms with van der Waals surface area (Å²) in [5.41, 5.74) is 6.70. The smallest absolute Gasteiger partial charge is 0.0280 e. The minimum absolute atomic E-state index is 0.102. The van der Waals surface area contributed by atoms with Crippen LogP contribution in [-0.2, 0) is 0 Å². The summed E-state index contributed by atoms with van der Waals surface area (Å²) in [7, 11) is 0. The first kappa shape index (κ1) is 11.0. The Kier molecular flexibility index (Phi) is 3.36. The molecular formula is C11H24N2. The van der Waals surface area contributed by atoms with Gasteiger partial charge in [0.25, 0.3) is 0 Å². The Morgan fingerprint density at radius 1 is 1.23 bits per heavy atom. The van der Waals surface area contributed by atoms with E-state index in [4.69, 9.17) is 5.73 Å². The highest BCUT2D eigenvalue weighted by Gasteiger charge is 2.28. The van der Waals surface area contributed by atoms with Gasteiger partial charge < -0.3 is 11.1 Å². The first-order valence-electron chi connectivity index (χ1n) is 5.41. The van der Waals surface area contributed by atoms with Crippen molar-refractivity contribution < 1.29 is 0 Å². The van der Waals surface area contributed by atoms with Gasteiger partial charge in [-0.2, -0.15) is 0 Å². The third kappa shape index (κ3) is 4.10. The molecule has 78 valence electrons. The zero-order chi connectivity index (χ0) is 9.95. The van der Waals surface area contributed by atoms with Gasteiger partial charge in [-0.1, -0.05) is 33.6 Å². The second kappa shape index (κ2) is 3.97. The Morgan fingerprint density at radius 3 is 2.23 bits per heavy atom. The zero-order valence-corrected chi connectivity index (χ0v) is 9.32. The van der Waals surface area contributed by atoms with E-state index >= 15 is 0 Å². The van der Waals surface area contributed by atoms with E-state index in [1.54, 1.807) is 0 Å². The van der Waals surface area contributed by atoms with Crippen LogP contribution in [0.5, 0.6) is 0 Å². The molecule has 1 aliphatic carbocycles. The molecule has 0 saturated heterocycles. The molecule has 0 aliphatic heterocycles. The molecule has 3 N–H and O–H groups in total. The lowest BCUT2D eigenvalue weighted by atomic mass is 9.95. The van der Waals surface area contributed by atoms with Gasteiger partial charge in [0, 0.05) is 18.6 Å². The summed E-state index contributed by atoms with van der Waals surface area (Å²) in [5.74, 6) is 0. The normalized spacial score (nSPS) is 22.2. The first-order chi connectivity index (χ1) is 5.91. The second-order valence-corrected chi connectivity index (χ2v) is 5.73. The van der Waals surface area contributed by atoms with Crippen molar-refractivity contribution in [1.82, 2.24) is 5.32 Å². The number of rotatable bonds is 3. The van der Waals surface area contributed by atoms with Crippen LogP contribution in [0.25, 0.3) is 0 Å². The lowest BCUT2D eigenvalue weighted by Gasteiger charge is -2.27. The van der Waals surface area contributed by atoms with E-state index in [1.165, 1.54) is 25.7 Å². The Labute approximate surface area is 82.3 Å². The van der Waals surface area contributed by atoms with Crippen LogP contribution in [-0.4, -0.2) is 18.6 Å². The first-order valence-corrected chi connectivity index (χ1v) is 5.41. The predicted molar refractivity (Wildman–Crippen MR) is 57.7 cm³/mol. The average Bonchev–Trinajstić information content (AvgIpc) is 2.33. The van der Waals surface area contributed by atoms with Crippen LogP contribution in [0.3, 0.4) is 0 Å². The maximum Gasteiger partial charge on any atom is 0.0280 e. The van der Waals surface area contributed by atoms with Crippen molar-refractivity contribution in [2.75, 3.05) is 13.1 Å². The van der Waals surface area contributed by atoms with E-state index in [9.17, 15) is 0 Å². The Hall–Kier alpha value is -0.0800. The largest absolute Gasteiger partial charge is 0.324 e. The number of hydrogen-bond acceptors (Lipinski definition) is 2. The SMILES string of the molecule is CC(C)(C)CNCC1(N)CCCC1. The van der Waals surface area contributed by atoms with Gasteiger partial charge in [-0.25, -0.2) is 0 Å². The molecule has 1 rings (SSSR count). The lowest BCUT2D eigenvalue weighted by molar-refractivity contribution is 0.336. The molecule has 2 nitrogen and oxygen atoms in total. The van der Waals surface area contributed by atoms with E-state index in [1.807, 2.05) is 0 Å². The van der Waals surface area contributed by atoms with Crippen LogP contribution >= 0.6 is 0 Å². The minimum Gasteiger partial charge on any atom is -0.324 e. The molecule has 1 aliphatic rings. The Morgan fingerprint density at radius 2 is 1.77 bits per heavy atom. The molecule has 0 spiro atoms. The predicted octanol–water partition coefficient (Wildman–Crippen LogP) is 1.89. The summed E-state index contributed by atoms with van der Waals surface area (Å²) >= 11 is 0. The van der Waals surface area contributed by atoms with Crippen LogP contribution < -0.4 is 11.1 Å². The third-order valence-corrected chi connectivity index (χ3v) is 2.73. The lowest BCUT2D eigenvalue weighted by Crippen LogP contribution is -2.47. The van der Waals surface area contributed by atoms with Gasteiger partial charge in [0.05, 0.1) is 0 Å². The van der Waals surface area contributed by atoms with Crippen molar-refractivity contribution >= 4 is 0 Å². The molecular weight excluding hydrogens is 160 g/mol. The maximum atomic E-state index is 6.23. The zero-order valence-electron chi connectivity index (χ0n) is 9.32. The third-order valence-electron chi connectivity index (χ3n) is 2.73. The van der Waals surface area contributed by atoms with Crippen LogP contribution in [0.2, 0.25) is 0 Å². The summed E-state index contributed by atoms with van der Waals surface area (Å²) in [6, 6.07) is 0. The van der Waals surface area contributed by atoms with E-state index in [-0.39, 0.29) is 5.54 Å². The van der Waals surface area contributed by atoms with Crippen LogP contribution in [0, 0.1) is 5.41 Å². The van der Waals surface area contributed by atoms with Crippen molar-refractivity contribution in [1.29, 1.82) is 0 Å².